The van der Waals surface area contributed by atoms with Gasteiger partial charge in [0, 0.05) is 12.4 Å². The predicted molar refractivity (Wildman–Crippen MR) is 48.7 cm³/mol. The van der Waals surface area contributed by atoms with E-state index in [4.69, 9.17) is 0 Å². The molecular formula is C10H15NO. The maximum absolute atomic E-state index is 9.66. The van der Waals surface area contributed by atoms with E-state index in [9.17, 15) is 5.11 Å². The Morgan fingerprint density at radius 2 is 1.92 bits per heavy atom. The molecule has 2 heteroatoms. The number of hydrogen-bond acceptors (Lipinski definition) is 2. The molecule has 2 nitrogen and oxygen atoms in total. The van der Waals surface area contributed by atoms with E-state index in [0.29, 0.717) is 5.92 Å². The minimum absolute atomic E-state index is 0.340. The molecule has 0 amide bonds. The van der Waals surface area contributed by atoms with Crippen molar-refractivity contribution in [2.45, 2.75) is 26.4 Å². The SMILES string of the molecule is CC(C)CC(O)c1ccncc1. The third kappa shape index (κ3) is 2.62. The van der Waals surface area contributed by atoms with Crippen LogP contribution >= 0.6 is 0 Å². The Kier molecular flexibility index (Phi) is 3.23. The molecule has 0 fully saturated rings. The standard InChI is InChI=1S/C10H15NO/c1-8(2)7-10(12)9-3-5-11-6-4-9/h3-6,8,10,12H,7H2,1-2H3. The van der Waals surface area contributed by atoms with Gasteiger partial charge in [0.2, 0.25) is 0 Å². The summed E-state index contributed by atoms with van der Waals surface area (Å²) in [5.74, 6) is 0.521. The summed E-state index contributed by atoms with van der Waals surface area (Å²) in [6.07, 6.45) is 3.88. The summed E-state index contributed by atoms with van der Waals surface area (Å²) in [5, 5.41) is 9.66. The zero-order chi connectivity index (χ0) is 8.97. The molecule has 1 aromatic heterocycles. The van der Waals surface area contributed by atoms with Crippen LogP contribution in [0.1, 0.15) is 31.9 Å². The van der Waals surface area contributed by atoms with Gasteiger partial charge in [-0.15, -0.1) is 0 Å². The molecule has 0 aromatic carbocycles. The predicted octanol–water partition coefficient (Wildman–Crippen LogP) is 2.16. The lowest BCUT2D eigenvalue weighted by Crippen LogP contribution is -2.01. The van der Waals surface area contributed by atoms with E-state index in [1.807, 2.05) is 12.1 Å². The Balaban J connectivity index is 2.59. The van der Waals surface area contributed by atoms with Crippen LogP contribution in [-0.4, -0.2) is 10.1 Å². The third-order valence-electron chi connectivity index (χ3n) is 1.79. The van der Waals surface area contributed by atoms with E-state index >= 15 is 0 Å². The first-order valence-corrected chi connectivity index (χ1v) is 4.28. The molecule has 1 aromatic rings. The average Bonchev–Trinajstić information content (AvgIpc) is 2.05. The minimum atomic E-state index is -0.340. The van der Waals surface area contributed by atoms with Crippen molar-refractivity contribution in [1.29, 1.82) is 0 Å². The molecule has 0 spiro atoms. The Bertz CT molecular complexity index is 221. The van der Waals surface area contributed by atoms with Gasteiger partial charge < -0.3 is 5.11 Å². The molecule has 1 rings (SSSR count). The average molecular weight is 165 g/mol. The highest BCUT2D eigenvalue weighted by molar-refractivity contribution is 5.12. The van der Waals surface area contributed by atoms with Gasteiger partial charge in [-0.2, -0.15) is 0 Å². The number of aliphatic hydroxyl groups is 1. The lowest BCUT2D eigenvalue weighted by atomic mass is 10.0. The Morgan fingerprint density at radius 3 is 2.42 bits per heavy atom. The lowest BCUT2D eigenvalue weighted by Gasteiger charge is -2.12. The number of rotatable bonds is 3. The van der Waals surface area contributed by atoms with Gasteiger partial charge in [0.25, 0.3) is 0 Å². The summed E-state index contributed by atoms with van der Waals surface area (Å²) >= 11 is 0. The molecule has 0 aliphatic heterocycles. The van der Waals surface area contributed by atoms with Crippen LogP contribution in [0.2, 0.25) is 0 Å². The second-order valence-electron chi connectivity index (χ2n) is 3.43. The van der Waals surface area contributed by atoms with Crippen molar-refractivity contribution in [1.82, 2.24) is 4.98 Å². The highest BCUT2D eigenvalue weighted by Crippen LogP contribution is 2.19. The van der Waals surface area contributed by atoms with Crippen LogP contribution in [0.5, 0.6) is 0 Å². The molecule has 0 saturated carbocycles. The van der Waals surface area contributed by atoms with Gasteiger partial charge in [-0.25, -0.2) is 0 Å². The van der Waals surface area contributed by atoms with Crippen molar-refractivity contribution in [2.75, 3.05) is 0 Å². The van der Waals surface area contributed by atoms with E-state index < -0.39 is 0 Å². The normalized spacial score (nSPS) is 13.3. The van der Waals surface area contributed by atoms with Crippen LogP contribution in [0.4, 0.5) is 0 Å². The van der Waals surface area contributed by atoms with Gasteiger partial charge in [0.15, 0.2) is 0 Å². The topological polar surface area (TPSA) is 33.1 Å². The van der Waals surface area contributed by atoms with Crippen LogP contribution in [0, 0.1) is 5.92 Å². The van der Waals surface area contributed by atoms with Crippen molar-refractivity contribution >= 4 is 0 Å². The first-order chi connectivity index (χ1) is 5.70. The molecule has 0 radical (unpaired) electrons. The van der Waals surface area contributed by atoms with Crippen LogP contribution in [0.3, 0.4) is 0 Å². The summed E-state index contributed by atoms with van der Waals surface area (Å²) < 4.78 is 0. The fourth-order valence-corrected chi connectivity index (χ4v) is 1.17. The first-order valence-electron chi connectivity index (χ1n) is 4.28. The van der Waals surface area contributed by atoms with Crippen molar-refractivity contribution in [2.24, 2.45) is 5.92 Å². The lowest BCUT2D eigenvalue weighted by molar-refractivity contribution is 0.151. The summed E-state index contributed by atoms with van der Waals surface area (Å²) in [6.45, 7) is 4.20. The maximum Gasteiger partial charge on any atom is 0.0793 e. The van der Waals surface area contributed by atoms with Gasteiger partial charge >= 0.3 is 0 Å². The third-order valence-corrected chi connectivity index (χ3v) is 1.79. The summed E-state index contributed by atoms with van der Waals surface area (Å²) in [5.41, 5.74) is 0.957. The van der Waals surface area contributed by atoms with Crippen molar-refractivity contribution in [3.8, 4) is 0 Å². The fourth-order valence-electron chi connectivity index (χ4n) is 1.17. The molecule has 12 heavy (non-hydrogen) atoms. The highest BCUT2D eigenvalue weighted by atomic mass is 16.3. The van der Waals surface area contributed by atoms with Crippen LogP contribution in [-0.2, 0) is 0 Å². The smallest absolute Gasteiger partial charge is 0.0793 e. The summed E-state index contributed by atoms with van der Waals surface area (Å²) in [7, 11) is 0. The molecule has 0 aliphatic rings. The zero-order valence-corrected chi connectivity index (χ0v) is 7.57. The van der Waals surface area contributed by atoms with Crippen molar-refractivity contribution in [3.63, 3.8) is 0 Å². The van der Waals surface area contributed by atoms with E-state index in [-0.39, 0.29) is 6.10 Å². The first kappa shape index (κ1) is 9.20. The minimum Gasteiger partial charge on any atom is -0.388 e. The second-order valence-corrected chi connectivity index (χ2v) is 3.43. The maximum atomic E-state index is 9.66. The highest BCUT2D eigenvalue weighted by Gasteiger charge is 2.08. The Morgan fingerprint density at radius 1 is 1.33 bits per heavy atom. The Hall–Kier alpha value is -0.890. The summed E-state index contributed by atoms with van der Waals surface area (Å²) in [6, 6.07) is 3.71. The number of hydrogen-bond donors (Lipinski definition) is 1. The van der Waals surface area contributed by atoms with E-state index in [1.165, 1.54) is 0 Å². The largest absolute Gasteiger partial charge is 0.388 e. The second kappa shape index (κ2) is 4.21. The molecule has 1 atom stereocenters. The van der Waals surface area contributed by atoms with Crippen LogP contribution < -0.4 is 0 Å². The van der Waals surface area contributed by atoms with Gasteiger partial charge in [0.05, 0.1) is 6.10 Å². The zero-order valence-electron chi connectivity index (χ0n) is 7.57. The fraction of sp³-hybridized carbons (Fsp3) is 0.500. The van der Waals surface area contributed by atoms with Gasteiger partial charge in [-0.1, -0.05) is 13.8 Å². The molecule has 66 valence electrons. The molecule has 0 saturated heterocycles. The molecule has 1 unspecified atom stereocenters. The Labute approximate surface area is 73.3 Å². The molecular weight excluding hydrogens is 150 g/mol. The summed E-state index contributed by atoms with van der Waals surface area (Å²) in [4.78, 5) is 3.90. The van der Waals surface area contributed by atoms with Gasteiger partial charge in [-0.05, 0) is 30.0 Å². The number of aliphatic hydroxyl groups excluding tert-OH is 1. The molecule has 0 bridgehead atoms. The number of aromatic nitrogens is 1. The van der Waals surface area contributed by atoms with Gasteiger partial charge in [0.1, 0.15) is 0 Å². The molecule has 1 heterocycles. The van der Waals surface area contributed by atoms with Gasteiger partial charge in [-0.3, -0.25) is 4.98 Å². The number of pyridine rings is 1. The number of nitrogens with zero attached hydrogens (tertiary/aromatic N) is 1. The van der Waals surface area contributed by atoms with E-state index in [2.05, 4.69) is 18.8 Å². The molecule has 0 aliphatic carbocycles. The quantitative estimate of drug-likeness (QED) is 0.744. The van der Waals surface area contributed by atoms with Crippen LogP contribution in [0.25, 0.3) is 0 Å². The monoisotopic (exact) mass is 165 g/mol. The van der Waals surface area contributed by atoms with E-state index in [1.54, 1.807) is 12.4 Å². The molecule has 1 N–H and O–H groups in total. The van der Waals surface area contributed by atoms with E-state index in [0.717, 1.165) is 12.0 Å². The van der Waals surface area contributed by atoms with Crippen molar-refractivity contribution in [3.05, 3.63) is 30.1 Å². The van der Waals surface area contributed by atoms with Crippen LogP contribution in [0.15, 0.2) is 24.5 Å². The van der Waals surface area contributed by atoms with Crippen molar-refractivity contribution < 1.29 is 5.11 Å².